The van der Waals surface area contributed by atoms with Gasteiger partial charge in [-0.15, -0.1) is 0 Å². The molecule has 1 aromatic carbocycles. The first-order chi connectivity index (χ1) is 9.31. The third-order valence-corrected chi connectivity index (χ3v) is 2.81. The van der Waals surface area contributed by atoms with E-state index in [1.54, 1.807) is 19.1 Å². The summed E-state index contributed by atoms with van der Waals surface area (Å²) in [6, 6.07) is 4.80. The van der Waals surface area contributed by atoms with Crippen molar-refractivity contribution in [1.29, 1.82) is 0 Å². The van der Waals surface area contributed by atoms with Crippen LogP contribution in [0.3, 0.4) is 0 Å². The predicted molar refractivity (Wildman–Crippen MR) is 76.2 cm³/mol. The van der Waals surface area contributed by atoms with Gasteiger partial charge >= 0.3 is 5.97 Å². The van der Waals surface area contributed by atoms with E-state index in [1.165, 1.54) is 11.0 Å². The third-order valence-electron chi connectivity index (χ3n) is 2.81. The molecule has 1 aromatic rings. The number of anilines is 1. The van der Waals surface area contributed by atoms with Gasteiger partial charge in [-0.1, -0.05) is 6.07 Å². The summed E-state index contributed by atoms with van der Waals surface area (Å²) in [6.45, 7) is 2.51. The first-order valence-electron chi connectivity index (χ1n) is 6.17. The molecule has 1 N–H and O–H groups in total. The molecule has 0 bridgehead atoms. The lowest BCUT2D eigenvalue weighted by Crippen LogP contribution is -2.36. The van der Waals surface area contributed by atoms with Gasteiger partial charge in [0.1, 0.15) is 12.2 Å². The molecule has 7 nitrogen and oxygen atoms in total. The number of hydrogen-bond acceptors (Lipinski definition) is 5. The Labute approximate surface area is 117 Å². The van der Waals surface area contributed by atoms with Gasteiger partial charge in [0, 0.05) is 19.2 Å². The molecule has 0 atom stereocenters. The van der Waals surface area contributed by atoms with Crippen molar-refractivity contribution < 1.29 is 14.8 Å². The van der Waals surface area contributed by atoms with Gasteiger partial charge in [-0.2, -0.15) is 0 Å². The molecule has 0 heterocycles. The maximum Gasteiger partial charge on any atom is 0.323 e. The van der Waals surface area contributed by atoms with E-state index in [0.717, 1.165) is 5.56 Å². The number of nitro benzene ring substituents is 1. The zero-order valence-electron chi connectivity index (χ0n) is 11.9. The summed E-state index contributed by atoms with van der Waals surface area (Å²) < 4.78 is 0. The van der Waals surface area contributed by atoms with Gasteiger partial charge in [-0.25, -0.2) is 0 Å². The summed E-state index contributed by atoms with van der Waals surface area (Å²) in [5, 5.41) is 20.1. The topological polar surface area (TPSA) is 86.9 Å². The van der Waals surface area contributed by atoms with Crippen LogP contribution in [0.1, 0.15) is 5.56 Å². The van der Waals surface area contributed by atoms with E-state index in [4.69, 9.17) is 5.11 Å². The van der Waals surface area contributed by atoms with Crippen LogP contribution < -0.4 is 4.90 Å². The van der Waals surface area contributed by atoms with Crippen molar-refractivity contribution in [2.75, 3.05) is 38.6 Å². The molecule has 0 saturated heterocycles. The van der Waals surface area contributed by atoms with Crippen molar-refractivity contribution in [2.24, 2.45) is 0 Å². The summed E-state index contributed by atoms with van der Waals surface area (Å²) in [7, 11) is 3.73. The Kier molecular flexibility index (Phi) is 5.45. The molecular formula is C13H19N3O4. The van der Waals surface area contributed by atoms with Crippen molar-refractivity contribution in [1.82, 2.24) is 4.90 Å². The molecule has 0 aliphatic rings. The van der Waals surface area contributed by atoms with Crippen LogP contribution in [-0.4, -0.2) is 54.6 Å². The van der Waals surface area contributed by atoms with Crippen molar-refractivity contribution in [3.63, 3.8) is 0 Å². The lowest BCUT2D eigenvalue weighted by molar-refractivity contribution is -0.384. The second kappa shape index (κ2) is 6.85. The Hall–Kier alpha value is -2.15. The second-order valence-corrected chi connectivity index (χ2v) is 4.87. The number of nitrogens with zero attached hydrogens (tertiary/aromatic N) is 3. The molecule has 0 aliphatic carbocycles. The maximum atomic E-state index is 11.1. The molecule has 7 heteroatoms. The lowest BCUT2D eigenvalue weighted by atomic mass is 10.1. The smallest absolute Gasteiger partial charge is 0.323 e. The summed E-state index contributed by atoms with van der Waals surface area (Å²) in [6.07, 6.45) is 0. The van der Waals surface area contributed by atoms with E-state index < -0.39 is 10.9 Å². The fourth-order valence-electron chi connectivity index (χ4n) is 1.82. The van der Waals surface area contributed by atoms with Gasteiger partial charge < -0.3 is 14.9 Å². The van der Waals surface area contributed by atoms with E-state index >= 15 is 0 Å². The van der Waals surface area contributed by atoms with Crippen molar-refractivity contribution in [3.05, 3.63) is 33.9 Å². The zero-order valence-corrected chi connectivity index (χ0v) is 11.9. The molecule has 0 amide bonds. The number of aryl methyl sites for hydroxylation is 1. The minimum Gasteiger partial charge on any atom is -0.480 e. The monoisotopic (exact) mass is 281 g/mol. The van der Waals surface area contributed by atoms with Gasteiger partial charge in [-0.05, 0) is 32.6 Å². The molecule has 0 unspecified atom stereocenters. The van der Waals surface area contributed by atoms with Crippen molar-refractivity contribution in [2.45, 2.75) is 6.92 Å². The number of carbonyl (C=O) groups is 1. The highest BCUT2D eigenvalue weighted by atomic mass is 16.6. The van der Waals surface area contributed by atoms with Crippen LogP contribution in [-0.2, 0) is 4.79 Å². The zero-order chi connectivity index (χ0) is 15.3. The molecule has 0 radical (unpaired) electrons. The van der Waals surface area contributed by atoms with E-state index in [2.05, 4.69) is 0 Å². The van der Waals surface area contributed by atoms with Gasteiger partial charge in [0.05, 0.1) is 4.92 Å². The SMILES string of the molecule is Cc1ccc(N(CCN(C)C)CC(=O)O)c([N+](=O)[O-])c1. The fourth-order valence-corrected chi connectivity index (χ4v) is 1.82. The summed E-state index contributed by atoms with van der Waals surface area (Å²) in [5.74, 6) is -1.02. The minimum absolute atomic E-state index is 0.0648. The predicted octanol–water partition coefficient (Wildman–Crippen LogP) is 1.36. The Morgan fingerprint density at radius 2 is 2.00 bits per heavy atom. The minimum atomic E-state index is -1.02. The number of carboxylic acids is 1. The summed E-state index contributed by atoms with van der Waals surface area (Å²) in [5.41, 5.74) is 1.04. The molecule has 0 aliphatic heterocycles. The Morgan fingerprint density at radius 1 is 1.35 bits per heavy atom. The van der Waals surface area contributed by atoms with Gasteiger partial charge in [-0.3, -0.25) is 14.9 Å². The highest BCUT2D eigenvalue weighted by Gasteiger charge is 2.21. The summed E-state index contributed by atoms with van der Waals surface area (Å²) >= 11 is 0. The number of carboxylic acid groups (broad SMARTS) is 1. The number of rotatable bonds is 7. The van der Waals surface area contributed by atoms with Gasteiger partial charge in [0.15, 0.2) is 0 Å². The van der Waals surface area contributed by atoms with Crippen LogP contribution in [0.2, 0.25) is 0 Å². The lowest BCUT2D eigenvalue weighted by Gasteiger charge is -2.24. The standard InChI is InChI=1S/C13H19N3O4/c1-10-4-5-11(12(8-10)16(19)20)15(9-13(17)18)7-6-14(2)3/h4-5,8H,6-7,9H2,1-3H3,(H,17,18). The van der Waals surface area contributed by atoms with Crippen LogP contribution in [0.15, 0.2) is 18.2 Å². The Balaban J connectivity index is 3.11. The van der Waals surface area contributed by atoms with Gasteiger partial charge in [0.2, 0.25) is 0 Å². The fraction of sp³-hybridized carbons (Fsp3) is 0.462. The first kappa shape index (κ1) is 15.9. The van der Waals surface area contributed by atoms with Crippen molar-refractivity contribution >= 4 is 17.3 Å². The summed E-state index contributed by atoms with van der Waals surface area (Å²) in [4.78, 5) is 25.0. The highest BCUT2D eigenvalue weighted by Crippen LogP contribution is 2.28. The highest BCUT2D eigenvalue weighted by molar-refractivity contribution is 5.76. The average Bonchev–Trinajstić information content (AvgIpc) is 2.33. The van der Waals surface area contributed by atoms with Crippen LogP contribution >= 0.6 is 0 Å². The molecule has 110 valence electrons. The van der Waals surface area contributed by atoms with E-state index in [-0.39, 0.29) is 12.2 Å². The van der Waals surface area contributed by atoms with Crippen LogP contribution in [0.4, 0.5) is 11.4 Å². The number of aliphatic carboxylic acids is 1. The Bertz CT molecular complexity index is 502. The van der Waals surface area contributed by atoms with E-state index in [1.807, 2.05) is 19.0 Å². The normalized spacial score (nSPS) is 10.6. The van der Waals surface area contributed by atoms with Crippen LogP contribution in [0.5, 0.6) is 0 Å². The van der Waals surface area contributed by atoms with Gasteiger partial charge in [0.25, 0.3) is 5.69 Å². The quantitative estimate of drug-likeness (QED) is 0.599. The molecule has 0 fully saturated rings. The molecular weight excluding hydrogens is 262 g/mol. The molecule has 20 heavy (non-hydrogen) atoms. The van der Waals surface area contributed by atoms with E-state index in [9.17, 15) is 14.9 Å². The molecule has 0 aromatic heterocycles. The Morgan fingerprint density at radius 3 is 2.50 bits per heavy atom. The largest absolute Gasteiger partial charge is 0.480 e. The van der Waals surface area contributed by atoms with Crippen LogP contribution in [0, 0.1) is 17.0 Å². The third kappa shape index (κ3) is 4.51. The second-order valence-electron chi connectivity index (χ2n) is 4.87. The number of nitro groups is 1. The number of hydrogen-bond donors (Lipinski definition) is 1. The molecule has 1 rings (SSSR count). The number of likely N-dealkylation sites (N-methyl/N-ethyl adjacent to an activating group) is 1. The van der Waals surface area contributed by atoms with E-state index in [0.29, 0.717) is 18.8 Å². The molecule has 0 spiro atoms. The average molecular weight is 281 g/mol. The first-order valence-corrected chi connectivity index (χ1v) is 6.17. The van der Waals surface area contributed by atoms with Crippen LogP contribution in [0.25, 0.3) is 0 Å². The maximum absolute atomic E-state index is 11.1. The molecule has 0 saturated carbocycles. The van der Waals surface area contributed by atoms with Crippen molar-refractivity contribution in [3.8, 4) is 0 Å². The number of benzene rings is 1.